The number of carbonyl (C=O) groups is 3. The van der Waals surface area contributed by atoms with Gasteiger partial charge in [0.25, 0.3) is 0 Å². The largest absolute Gasteiger partial charge is 0.481 e. The molecule has 0 amide bonds. The number of esters is 1. The molecule has 0 saturated heterocycles. The second-order valence-electron chi connectivity index (χ2n) is 12.7. The van der Waals surface area contributed by atoms with Crippen molar-refractivity contribution in [2.75, 3.05) is 13.2 Å². The summed E-state index contributed by atoms with van der Waals surface area (Å²) in [6.45, 7) is 2.57. The maximum atomic E-state index is 12.6. The van der Waals surface area contributed by atoms with Crippen molar-refractivity contribution in [1.29, 1.82) is 0 Å². The van der Waals surface area contributed by atoms with E-state index in [0.717, 1.165) is 38.5 Å². The van der Waals surface area contributed by atoms with Crippen LogP contribution in [-0.4, -0.2) is 58.4 Å². The van der Waals surface area contributed by atoms with Crippen LogP contribution in [0, 0.1) is 17.3 Å². The van der Waals surface area contributed by atoms with Crippen LogP contribution in [0.15, 0.2) is 48.5 Å². The average Bonchev–Trinajstić information content (AvgIpc) is 3.35. The Kier molecular flexibility index (Phi) is 10.5. The highest BCUT2D eigenvalue weighted by atomic mass is 31.2. The summed E-state index contributed by atoms with van der Waals surface area (Å²) in [5.41, 5.74) is 3.19. The molecule has 5 rings (SSSR count). The molecule has 4 N–H and O–H groups in total. The van der Waals surface area contributed by atoms with Crippen molar-refractivity contribution in [2.45, 2.75) is 82.8 Å². The van der Waals surface area contributed by atoms with Crippen LogP contribution >= 0.6 is 7.75 Å². The van der Waals surface area contributed by atoms with Gasteiger partial charge in [0.15, 0.2) is 0 Å². The smallest absolute Gasteiger partial charge is 0.403 e. The van der Waals surface area contributed by atoms with Crippen LogP contribution in [0.3, 0.4) is 0 Å². The van der Waals surface area contributed by atoms with E-state index in [-0.39, 0.29) is 30.5 Å². The molecular formula is C33H42NO10P. The molecule has 2 fully saturated rings. The molecule has 3 aliphatic carbocycles. The second kappa shape index (κ2) is 14.1. The molecule has 45 heavy (non-hydrogen) atoms. The predicted molar refractivity (Wildman–Crippen MR) is 164 cm³/mol. The van der Waals surface area contributed by atoms with Gasteiger partial charge in [-0.1, -0.05) is 31.2 Å². The third-order valence-corrected chi connectivity index (χ3v) is 11.1. The van der Waals surface area contributed by atoms with Crippen LogP contribution < -0.4 is 9.82 Å². The van der Waals surface area contributed by atoms with Crippen molar-refractivity contribution in [2.24, 2.45) is 17.3 Å². The lowest BCUT2D eigenvalue weighted by atomic mass is 9.55. The Balaban J connectivity index is 1.11. The van der Waals surface area contributed by atoms with Crippen molar-refractivity contribution < 1.29 is 48.1 Å². The summed E-state index contributed by atoms with van der Waals surface area (Å²) >= 11 is 0. The highest BCUT2D eigenvalue weighted by Crippen LogP contribution is 2.61. The van der Waals surface area contributed by atoms with Gasteiger partial charge in [-0.2, -0.15) is 0 Å². The molecule has 12 heteroatoms. The number of rotatable bonds is 14. The van der Waals surface area contributed by atoms with Crippen molar-refractivity contribution in [1.82, 2.24) is 5.09 Å². The topological polar surface area (TPSA) is 169 Å². The molecule has 7 atom stereocenters. The summed E-state index contributed by atoms with van der Waals surface area (Å²) in [6, 6.07) is 13.6. The van der Waals surface area contributed by atoms with Crippen molar-refractivity contribution in [3.63, 3.8) is 0 Å². The molecule has 0 aromatic heterocycles. The van der Waals surface area contributed by atoms with Gasteiger partial charge in [-0.25, -0.2) is 14.4 Å². The number of fused-ring (bicyclic) bond motifs is 5. The van der Waals surface area contributed by atoms with Gasteiger partial charge < -0.3 is 24.6 Å². The number of aryl methyl sites for hydroxylation is 1. The van der Waals surface area contributed by atoms with E-state index < -0.39 is 32.1 Å². The third kappa shape index (κ3) is 7.84. The Bertz CT molecular complexity index is 1430. The minimum Gasteiger partial charge on any atom is -0.481 e. The SMILES string of the molecule is C[C@]12CC[C@@H]3c4ccc(OC(=O)c5ccccc5)cc4CC[C@H]3[C@@H]1CC[C@@H]2OCCCOP(=O)(O)N[C@@H](CCC(=O)O)C(=O)O. The zero-order chi connectivity index (χ0) is 32.2. The Morgan fingerprint density at radius 2 is 1.82 bits per heavy atom. The van der Waals surface area contributed by atoms with Crippen LogP contribution in [-0.2, 0) is 29.8 Å². The lowest BCUT2D eigenvalue weighted by molar-refractivity contribution is -0.140. The van der Waals surface area contributed by atoms with Crippen LogP contribution in [0.4, 0.5) is 0 Å². The molecule has 0 radical (unpaired) electrons. The Hall–Kier alpha value is -3.08. The highest BCUT2D eigenvalue weighted by molar-refractivity contribution is 7.50. The van der Waals surface area contributed by atoms with E-state index in [9.17, 15) is 28.9 Å². The first kappa shape index (κ1) is 33.3. The molecule has 2 aromatic rings. The third-order valence-electron chi connectivity index (χ3n) is 9.97. The fraction of sp³-hybridized carbons (Fsp3) is 0.545. The summed E-state index contributed by atoms with van der Waals surface area (Å²) in [7, 11) is -4.44. The van der Waals surface area contributed by atoms with Gasteiger partial charge in [-0.05, 0) is 110 Å². The summed E-state index contributed by atoms with van der Waals surface area (Å²) < 4.78 is 29.4. The summed E-state index contributed by atoms with van der Waals surface area (Å²) in [6.07, 6.45) is 5.79. The normalized spacial score (nSPS) is 27.3. The molecule has 0 aliphatic heterocycles. The Labute approximate surface area is 262 Å². The van der Waals surface area contributed by atoms with E-state index in [1.165, 1.54) is 11.1 Å². The average molecular weight is 644 g/mol. The predicted octanol–water partition coefficient (Wildman–Crippen LogP) is 5.56. The van der Waals surface area contributed by atoms with Crippen LogP contribution in [0.25, 0.3) is 0 Å². The molecule has 1 unspecified atom stereocenters. The van der Waals surface area contributed by atoms with Gasteiger partial charge in [-0.3, -0.25) is 14.1 Å². The van der Waals surface area contributed by atoms with Crippen LogP contribution in [0.5, 0.6) is 5.75 Å². The van der Waals surface area contributed by atoms with E-state index in [4.69, 9.17) is 19.1 Å². The summed E-state index contributed by atoms with van der Waals surface area (Å²) in [4.78, 5) is 44.7. The second-order valence-corrected chi connectivity index (χ2v) is 14.2. The van der Waals surface area contributed by atoms with E-state index in [1.54, 1.807) is 12.1 Å². The maximum Gasteiger partial charge on any atom is 0.403 e. The number of benzene rings is 2. The monoisotopic (exact) mass is 643 g/mol. The van der Waals surface area contributed by atoms with E-state index in [1.807, 2.05) is 35.4 Å². The van der Waals surface area contributed by atoms with Gasteiger partial charge in [-0.15, -0.1) is 0 Å². The summed E-state index contributed by atoms with van der Waals surface area (Å²) in [5, 5.41) is 20.0. The molecule has 3 aliphatic rings. The van der Waals surface area contributed by atoms with Crippen LogP contribution in [0.2, 0.25) is 0 Å². The Morgan fingerprint density at radius 3 is 2.56 bits per heavy atom. The number of hydrogen-bond acceptors (Lipinski definition) is 7. The van der Waals surface area contributed by atoms with Gasteiger partial charge in [0.1, 0.15) is 11.8 Å². The highest BCUT2D eigenvalue weighted by Gasteiger charge is 2.55. The van der Waals surface area contributed by atoms with Gasteiger partial charge in [0, 0.05) is 13.0 Å². The molecule has 11 nitrogen and oxygen atoms in total. The molecule has 2 aromatic carbocycles. The lowest BCUT2D eigenvalue weighted by Crippen LogP contribution is -2.44. The number of nitrogens with one attached hydrogen (secondary N) is 1. The minimum atomic E-state index is -4.44. The van der Waals surface area contributed by atoms with E-state index in [0.29, 0.717) is 42.1 Å². The Morgan fingerprint density at radius 1 is 1.04 bits per heavy atom. The maximum absolute atomic E-state index is 12.6. The number of carboxylic acid groups (broad SMARTS) is 2. The summed E-state index contributed by atoms with van der Waals surface area (Å²) in [5.74, 6) is -0.851. The molecule has 0 bridgehead atoms. The first-order valence-corrected chi connectivity index (χ1v) is 17.3. The van der Waals surface area contributed by atoms with Crippen molar-refractivity contribution in [3.8, 4) is 5.75 Å². The van der Waals surface area contributed by atoms with Crippen molar-refractivity contribution >= 4 is 25.7 Å². The van der Waals surface area contributed by atoms with Gasteiger partial charge in [0.05, 0.1) is 18.3 Å². The number of hydrogen-bond donors (Lipinski definition) is 4. The molecule has 2 saturated carbocycles. The molecule has 0 spiro atoms. The zero-order valence-electron chi connectivity index (χ0n) is 25.4. The first-order chi connectivity index (χ1) is 21.5. The minimum absolute atomic E-state index is 0.0390. The number of ether oxygens (including phenoxy) is 2. The number of carboxylic acids is 2. The first-order valence-electron chi connectivity index (χ1n) is 15.7. The quantitative estimate of drug-likeness (QED) is 0.0880. The fourth-order valence-electron chi connectivity index (χ4n) is 7.81. The van der Waals surface area contributed by atoms with Crippen molar-refractivity contribution in [3.05, 3.63) is 65.2 Å². The molecule has 244 valence electrons. The van der Waals surface area contributed by atoms with E-state index >= 15 is 0 Å². The standard InChI is InChI=1S/C33H42NO10P/c1-33-17-16-25-24-11-9-23(44-32(39)21-6-3-2-4-7-21)20-22(24)8-10-26(25)27(33)12-14-29(33)42-18-5-19-43-45(40,41)34-28(31(37)38)13-15-30(35)36/h2-4,6-7,9,11,20,25-29H,5,8,10,12-19H2,1H3,(H,35,36)(H,37,38)(H2,34,40,41)/t25-,26-,27+,28+,29+,33+/m1/s1. The van der Waals surface area contributed by atoms with Gasteiger partial charge in [0.2, 0.25) is 0 Å². The molecular weight excluding hydrogens is 601 g/mol. The molecule has 0 heterocycles. The lowest BCUT2D eigenvalue weighted by Gasteiger charge is -2.50. The zero-order valence-corrected chi connectivity index (χ0v) is 26.3. The number of carbonyl (C=O) groups excluding carboxylic acids is 1. The van der Waals surface area contributed by atoms with Crippen LogP contribution in [0.1, 0.15) is 85.7 Å². The van der Waals surface area contributed by atoms with Gasteiger partial charge >= 0.3 is 25.7 Å². The number of aliphatic carboxylic acids is 2. The van der Waals surface area contributed by atoms with E-state index in [2.05, 4.69) is 13.0 Å². The fourth-order valence-corrected chi connectivity index (χ4v) is 8.89.